The molecule has 186 valence electrons. The zero-order chi connectivity index (χ0) is 24.7. The number of nitrogens with zero attached hydrogens (tertiary/aromatic N) is 2. The average Bonchev–Trinajstić information content (AvgIpc) is 3.22. The van der Waals surface area contributed by atoms with Crippen LogP contribution in [0.2, 0.25) is 0 Å². The molecule has 3 aliphatic rings. The summed E-state index contributed by atoms with van der Waals surface area (Å²) in [7, 11) is 0. The maximum atomic E-state index is 12.9. The lowest BCUT2D eigenvalue weighted by Crippen LogP contribution is -2.35. The molecule has 0 spiro atoms. The van der Waals surface area contributed by atoms with Crippen LogP contribution in [-0.4, -0.2) is 58.8 Å². The highest BCUT2D eigenvalue weighted by molar-refractivity contribution is 6.00. The van der Waals surface area contributed by atoms with E-state index in [4.69, 9.17) is 4.74 Å². The molecule has 2 fully saturated rings. The number of carbonyl (C=O) groups excluding carboxylic acids is 3. The fourth-order valence-corrected chi connectivity index (χ4v) is 5.92. The van der Waals surface area contributed by atoms with E-state index in [-0.39, 0.29) is 47.9 Å². The van der Waals surface area contributed by atoms with Crippen molar-refractivity contribution in [2.24, 2.45) is 11.3 Å². The van der Waals surface area contributed by atoms with Crippen LogP contribution in [0.15, 0.2) is 30.5 Å². The fraction of sp³-hybridized carbons (Fsp3) is 0.519. The van der Waals surface area contributed by atoms with Crippen molar-refractivity contribution in [3.63, 3.8) is 0 Å². The van der Waals surface area contributed by atoms with Gasteiger partial charge in [0.15, 0.2) is 0 Å². The van der Waals surface area contributed by atoms with Gasteiger partial charge in [-0.15, -0.1) is 0 Å². The Bertz CT molecular complexity index is 1150. The molecule has 8 heteroatoms. The van der Waals surface area contributed by atoms with Gasteiger partial charge in [0.05, 0.1) is 25.7 Å². The van der Waals surface area contributed by atoms with Crippen LogP contribution < -0.4 is 5.32 Å². The quantitative estimate of drug-likeness (QED) is 0.638. The van der Waals surface area contributed by atoms with E-state index in [0.717, 1.165) is 61.8 Å². The van der Waals surface area contributed by atoms with Gasteiger partial charge in [0.25, 0.3) is 0 Å². The second kappa shape index (κ2) is 9.24. The molecular formula is C27H34N4O4. The summed E-state index contributed by atoms with van der Waals surface area (Å²) in [4.78, 5) is 44.3. The number of hydrogen-bond donors (Lipinski definition) is 2. The molecule has 0 bridgehead atoms. The van der Waals surface area contributed by atoms with Crippen molar-refractivity contribution in [1.82, 2.24) is 14.8 Å². The molecule has 8 nitrogen and oxygen atoms in total. The number of imide groups is 1. The predicted octanol–water partition coefficient (Wildman–Crippen LogP) is 3.05. The smallest absolute Gasteiger partial charge is 0.229 e. The Balaban J connectivity index is 1.33. The average molecular weight is 479 g/mol. The van der Waals surface area contributed by atoms with Crippen LogP contribution in [0.4, 0.5) is 5.69 Å². The van der Waals surface area contributed by atoms with Gasteiger partial charge in [-0.2, -0.15) is 0 Å². The SMILES string of the molecule is CCC(=O)N(Cc1ccc2c(c1)C1C(C(=O)N2)C1(C)Cc1cc(CN2CCOCC2)c[nH]1)C(C)=O. The zero-order valence-corrected chi connectivity index (χ0v) is 20.7. The van der Waals surface area contributed by atoms with Crippen molar-refractivity contribution in [3.8, 4) is 0 Å². The van der Waals surface area contributed by atoms with E-state index in [1.54, 1.807) is 6.92 Å². The van der Waals surface area contributed by atoms with Gasteiger partial charge in [0, 0.05) is 56.5 Å². The number of anilines is 1. The van der Waals surface area contributed by atoms with Gasteiger partial charge in [-0.3, -0.25) is 24.2 Å². The van der Waals surface area contributed by atoms with Crippen molar-refractivity contribution < 1.29 is 19.1 Å². The standard InChI is InChI=1S/C27H34N4O4/c1-4-23(33)31(17(2)32)16-18-5-6-22-21(12-18)24-25(26(34)29-22)27(24,3)13-20-11-19(14-28-20)15-30-7-9-35-10-8-30/h5-6,11-12,14,24-25,28H,4,7-10,13,15-16H2,1-3H3,(H,29,34). The maximum Gasteiger partial charge on any atom is 0.229 e. The highest BCUT2D eigenvalue weighted by Crippen LogP contribution is 2.69. The van der Waals surface area contributed by atoms with Crippen LogP contribution in [0.25, 0.3) is 0 Å². The summed E-state index contributed by atoms with van der Waals surface area (Å²) in [6.07, 6.45) is 3.15. The fourth-order valence-electron chi connectivity index (χ4n) is 5.92. The van der Waals surface area contributed by atoms with Crippen molar-refractivity contribution >= 4 is 23.4 Å². The molecule has 2 aliphatic heterocycles. The van der Waals surface area contributed by atoms with E-state index in [9.17, 15) is 14.4 Å². The van der Waals surface area contributed by atoms with Crippen LogP contribution in [0.3, 0.4) is 0 Å². The number of aromatic amines is 1. The van der Waals surface area contributed by atoms with Gasteiger partial charge in [-0.1, -0.05) is 26.0 Å². The molecular weight excluding hydrogens is 444 g/mol. The largest absolute Gasteiger partial charge is 0.379 e. The van der Waals surface area contributed by atoms with Gasteiger partial charge in [0.1, 0.15) is 0 Å². The molecule has 3 amide bonds. The number of amides is 3. The van der Waals surface area contributed by atoms with Gasteiger partial charge >= 0.3 is 0 Å². The molecule has 3 unspecified atom stereocenters. The summed E-state index contributed by atoms with van der Waals surface area (Å²) >= 11 is 0. The Morgan fingerprint density at radius 2 is 1.94 bits per heavy atom. The molecule has 1 aromatic heterocycles. The van der Waals surface area contributed by atoms with E-state index in [2.05, 4.69) is 40.5 Å². The molecule has 2 aromatic rings. The van der Waals surface area contributed by atoms with Crippen LogP contribution in [0.1, 0.15) is 55.5 Å². The Morgan fingerprint density at radius 1 is 1.17 bits per heavy atom. The minimum absolute atomic E-state index is 0.0735. The first-order valence-electron chi connectivity index (χ1n) is 12.5. The lowest BCUT2D eigenvalue weighted by atomic mass is 9.94. The van der Waals surface area contributed by atoms with E-state index in [1.165, 1.54) is 17.4 Å². The molecule has 1 saturated heterocycles. The highest BCUT2D eigenvalue weighted by Gasteiger charge is 2.67. The number of benzene rings is 1. The molecule has 1 aromatic carbocycles. The number of fused-ring (bicyclic) bond motifs is 3. The Morgan fingerprint density at radius 3 is 2.66 bits per heavy atom. The first kappa shape index (κ1) is 23.8. The molecule has 1 aliphatic carbocycles. The number of aromatic nitrogens is 1. The highest BCUT2D eigenvalue weighted by atomic mass is 16.5. The minimum atomic E-state index is -0.253. The summed E-state index contributed by atoms with van der Waals surface area (Å²) in [5.41, 5.74) is 5.05. The van der Waals surface area contributed by atoms with Crippen molar-refractivity contribution in [2.45, 2.75) is 52.6 Å². The van der Waals surface area contributed by atoms with Gasteiger partial charge < -0.3 is 15.0 Å². The number of carbonyl (C=O) groups is 3. The monoisotopic (exact) mass is 478 g/mol. The van der Waals surface area contributed by atoms with Crippen LogP contribution >= 0.6 is 0 Å². The molecule has 2 N–H and O–H groups in total. The van der Waals surface area contributed by atoms with Gasteiger partial charge in [0.2, 0.25) is 17.7 Å². The first-order valence-corrected chi connectivity index (χ1v) is 12.5. The molecule has 1 saturated carbocycles. The van der Waals surface area contributed by atoms with Crippen molar-refractivity contribution in [3.05, 3.63) is 52.8 Å². The molecule has 0 radical (unpaired) electrons. The van der Waals surface area contributed by atoms with Crippen LogP contribution in [-0.2, 0) is 38.6 Å². The van der Waals surface area contributed by atoms with Crippen molar-refractivity contribution in [2.75, 3.05) is 31.6 Å². The van der Waals surface area contributed by atoms with Gasteiger partial charge in [-0.05, 0) is 40.7 Å². The second-order valence-corrected chi connectivity index (χ2v) is 10.3. The number of nitrogens with one attached hydrogen (secondary N) is 2. The molecule has 3 heterocycles. The van der Waals surface area contributed by atoms with E-state index < -0.39 is 0 Å². The third kappa shape index (κ3) is 4.52. The summed E-state index contributed by atoms with van der Waals surface area (Å²) < 4.78 is 5.44. The van der Waals surface area contributed by atoms with E-state index >= 15 is 0 Å². The number of rotatable bonds is 7. The Hall–Kier alpha value is -2.97. The maximum absolute atomic E-state index is 12.9. The summed E-state index contributed by atoms with van der Waals surface area (Å²) in [6, 6.07) is 8.08. The molecule has 5 rings (SSSR count). The van der Waals surface area contributed by atoms with Crippen LogP contribution in [0, 0.1) is 11.3 Å². The third-order valence-corrected chi connectivity index (χ3v) is 7.84. The lowest BCUT2D eigenvalue weighted by molar-refractivity contribution is -0.144. The zero-order valence-electron chi connectivity index (χ0n) is 20.7. The summed E-state index contributed by atoms with van der Waals surface area (Å²) in [5, 5.41) is 3.07. The van der Waals surface area contributed by atoms with Crippen LogP contribution in [0.5, 0.6) is 0 Å². The Kier molecular flexibility index (Phi) is 6.27. The van der Waals surface area contributed by atoms with Gasteiger partial charge in [-0.25, -0.2) is 0 Å². The third-order valence-electron chi connectivity index (χ3n) is 7.84. The topological polar surface area (TPSA) is 94.7 Å². The number of hydrogen-bond acceptors (Lipinski definition) is 5. The lowest BCUT2D eigenvalue weighted by Gasteiger charge is -2.26. The normalized spacial score (nSPS) is 25.4. The second-order valence-electron chi connectivity index (χ2n) is 10.3. The number of ether oxygens (including phenoxy) is 1. The minimum Gasteiger partial charge on any atom is -0.379 e. The Labute approximate surface area is 206 Å². The molecule has 3 atom stereocenters. The number of morpholine rings is 1. The molecule has 35 heavy (non-hydrogen) atoms. The first-order chi connectivity index (χ1) is 16.8. The van der Waals surface area contributed by atoms with E-state index in [1.807, 2.05) is 12.1 Å². The summed E-state index contributed by atoms with van der Waals surface area (Å²) in [6.45, 7) is 9.99. The van der Waals surface area contributed by atoms with Crippen molar-refractivity contribution in [1.29, 1.82) is 0 Å². The number of H-pyrrole nitrogens is 1. The predicted molar refractivity (Wildman–Crippen MR) is 132 cm³/mol. The van der Waals surface area contributed by atoms with E-state index in [0.29, 0.717) is 0 Å². The summed E-state index contributed by atoms with van der Waals surface area (Å²) in [5.74, 6) is -0.333.